The lowest BCUT2D eigenvalue weighted by Gasteiger charge is -2.51. The van der Waals surface area contributed by atoms with Crippen molar-refractivity contribution in [2.24, 2.45) is 22.7 Å². The summed E-state index contributed by atoms with van der Waals surface area (Å²) in [6.45, 7) is 7.41. The van der Waals surface area contributed by atoms with E-state index in [2.05, 4.69) is 23.6 Å². The Morgan fingerprint density at radius 3 is 2.45 bits per heavy atom. The van der Waals surface area contributed by atoms with Crippen molar-refractivity contribution >= 4 is 23.2 Å². The van der Waals surface area contributed by atoms with Gasteiger partial charge in [0.1, 0.15) is 4.88 Å². The summed E-state index contributed by atoms with van der Waals surface area (Å²) in [4.78, 5) is 39.5. The third-order valence-electron chi connectivity index (χ3n) is 9.67. The molecule has 0 radical (unpaired) electrons. The quantitative estimate of drug-likeness (QED) is 0.408. The van der Waals surface area contributed by atoms with E-state index in [0.29, 0.717) is 70.0 Å². The first-order chi connectivity index (χ1) is 19.9. The fraction of sp³-hybridized carbons (Fsp3) is 0.667. The average molecular weight is 607 g/mol. The minimum absolute atomic E-state index is 0.0304. The number of rotatable bonds is 8. The lowest BCUT2D eigenvalue weighted by Crippen LogP contribution is -2.63. The van der Waals surface area contributed by atoms with Gasteiger partial charge in [0, 0.05) is 55.0 Å². The van der Waals surface area contributed by atoms with Gasteiger partial charge >= 0.3 is 6.36 Å². The van der Waals surface area contributed by atoms with Crippen molar-refractivity contribution in [1.82, 2.24) is 19.8 Å². The number of thiazole rings is 1. The lowest BCUT2D eigenvalue weighted by molar-refractivity contribution is -0.345. The normalized spacial score (nSPS) is 28.1. The Kier molecular flexibility index (Phi) is 7.84. The Balaban J connectivity index is 1.06. The Bertz CT molecular complexity index is 1290. The summed E-state index contributed by atoms with van der Waals surface area (Å²) in [5, 5.41) is 0. The predicted molar refractivity (Wildman–Crippen MR) is 148 cm³/mol. The first-order valence-electron chi connectivity index (χ1n) is 14.7. The van der Waals surface area contributed by atoms with Gasteiger partial charge in [0.2, 0.25) is 5.91 Å². The second kappa shape index (κ2) is 11.2. The van der Waals surface area contributed by atoms with Crippen LogP contribution in [0, 0.1) is 22.7 Å². The lowest BCUT2D eigenvalue weighted by atomic mass is 9.71. The van der Waals surface area contributed by atoms with Crippen molar-refractivity contribution in [3.63, 3.8) is 0 Å². The molecule has 2 aliphatic carbocycles. The zero-order valence-electron chi connectivity index (χ0n) is 23.9. The van der Waals surface area contributed by atoms with E-state index in [9.17, 15) is 22.8 Å². The molecule has 6 rings (SSSR count). The number of carbonyl (C=O) groups is 2. The molecule has 4 heterocycles. The number of pyridine rings is 1. The molecule has 4 fully saturated rings. The van der Waals surface area contributed by atoms with Gasteiger partial charge in [-0.25, -0.2) is 0 Å². The Morgan fingerprint density at radius 1 is 1.10 bits per heavy atom. The van der Waals surface area contributed by atoms with Crippen molar-refractivity contribution in [3.05, 3.63) is 46.2 Å². The van der Waals surface area contributed by atoms with Gasteiger partial charge in [0.05, 0.1) is 36.7 Å². The van der Waals surface area contributed by atoms with Crippen LogP contribution >= 0.6 is 11.3 Å². The van der Waals surface area contributed by atoms with Crippen molar-refractivity contribution in [1.29, 1.82) is 0 Å². The summed E-state index contributed by atoms with van der Waals surface area (Å²) in [7, 11) is 0. The molecule has 2 saturated heterocycles. The molecule has 228 valence electrons. The Morgan fingerprint density at radius 2 is 1.81 bits per heavy atom. The molecule has 4 aliphatic rings. The molecule has 2 aliphatic heterocycles. The van der Waals surface area contributed by atoms with E-state index in [4.69, 9.17) is 9.72 Å². The minimum Gasteiger partial charge on any atom is -0.375 e. The van der Waals surface area contributed by atoms with Crippen LogP contribution in [0.25, 0.3) is 0 Å². The third kappa shape index (κ3) is 6.21. The molecule has 2 aromatic heterocycles. The summed E-state index contributed by atoms with van der Waals surface area (Å²) in [5.74, 6) is 0.455. The standard InChI is InChI=1S/C30H37F3N4O4S/c1-28(2)10-23(28)26(38)37-16-29(17-37)15-36(27(39)25-11-34-18-42-25)12-20(29)13-40-14-21-4-3-5-24(35-21)19-6-8-22(9-7-19)41-30(31,32)33/h3-5,11,18-20,22-23H,6-10,12-17H2,1-2H3/t19?,20-,22?,23+/m0/s1. The number of hydrogen-bond donors (Lipinski definition) is 0. The van der Waals surface area contributed by atoms with Crippen LogP contribution in [-0.4, -0.2) is 76.8 Å². The van der Waals surface area contributed by atoms with E-state index >= 15 is 0 Å². The number of nitrogens with zero attached hydrogens (tertiary/aromatic N) is 4. The minimum atomic E-state index is -4.60. The van der Waals surface area contributed by atoms with Gasteiger partial charge in [0.25, 0.3) is 5.91 Å². The largest absolute Gasteiger partial charge is 0.522 e. The molecule has 42 heavy (non-hydrogen) atoms. The van der Waals surface area contributed by atoms with Crippen LogP contribution in [0.15, 0.2) is 29.9 Å². The molecule has 2 saturated carbocycles. The molecule has 2 atom stereocenters. The number of halogens is 3. The van der Waals surface area contributed by atoms with Crippen LogP contribution in [0.4, 0.5) is 13.2 Å². The van der Waals surface area contributed by atoms with E-state index < -0.39 is 12.5 Å². The van der Waals surface area contributed by atoms with Gasteiger partial charge < -0.3 is 14.5 Å². The number of aromatic nitrogens is 2. The topological polar surface area (TPSA) is 84.9 Å². The van der Waals surface area contributed by atoms with Gasteiger partial charge in [0.15, 0.2) is 0 Å². The monoisotopic (exact) mass is 606 g/mol. The second-order valence-electron chi connectivity index (χ2n) is 13.2. The van der Waals surface area contributed by atoms with Gasteiger partial charge in [-0.05, 0) is 49.7 Å². The molecule has 0 aromatic carbocycles. The predicted octanol–water partition coefficient (Wildman–Crippen LogP) is 5.26. The van der Waals surface area contributed by atoms with E-state index in [1.807, 2.05) is 28.0 Å². The fourth-order valence-electron chi connectivity index (χ4n) is 7.01. The fourth-order valence-corrected chi connectivity index (χ4v) is 7.60. The van der Waals surface area contributed by atoms with Crippen LogP contribution in [0.5, 0.6) is 0 Å². The van der Waals surface area contributed by atoms with Crippen molar-refractivity contribution in [2.45, 2.75) is 70.9 Å². The molecule has 0 bridgehead atoms. The SMILES string of the molecule is CC1(C)C[C@@H]1C(=O)N1CC2(CN(C(=O)c3cncs3)C[C@H]2COCc2cccc(C3CCC(OC(F)(F)F)CC3)n2)C1. The molecule has 2 amide bonds. The first kappa shape index (κ1) is 29.5. The summed E-state index contributed by atoms with van der Waals surface area (Å²) in [6, 6.07) is 5.74. The van der Waals surface area contributed by atoms with Crippen LogP contribution in [0.2, 0.25) is 0 Å². The molecule has 0 N–H and O–H groups in total. The Labute approximate surface area is 247 Å². The van der Waals surface area contributed by atoms with Crippen LogP contribution < -0.4 is 0 Å². The highest BCUT2D eigenvalue weighted by molar-refractivity contribution is 7.11. The zero-order valence-corrected chi connectivity index (χ0v) is 24.8. The molecular weight excluding hydrogens is 569 g/mol. The molecule has 2 aromatic rings. The maximum atomic E-state index is 13.2. The Hall–Kier alpha value is -2.57. The summed E-state index contributed by atoms with van der Waals surface area (Å²) in [5.41, 5.74) is 3.18. The zero-order chi connectivity index (χ0) is 29.7. The molecule has 12 heteroatoms. The number of alkyl halides is 3. The molecule has 8 nitrogen and oxygen atoms in total. The van der Waals surface area contributed by atoms with Crippen LogP contribution in [0.1, 0.15) is 72.9 Å². The van der Waals surface area contributed by atoms with Gasteiger partial charge in [-0.15, -0.1) is 24.5 Å². The van der Waals surface area contributed by atoms with E-state index in [-0.39, 0.29) is 40.4 Å². The summed E-state index contributed by atoms with van der Waals surface area (Å²) >= 11 is 1.33. The molecular formula is C30H37F3N4O4S. The van der Waals surface area contributed by atoms with Gasteiger partial charge in [-0.2, -0.15) is 0 Å². The summed E-state index contributed by atoms with van der Waals surface area (Å²) < 4.78 is 48.1. The molecule has 1 spiro atoms. The van der Waals surface area contributed by atoms with Crippen molar-refractivity contribution < 1.29 is 32.2 Å². The number of likely N-dealkylation sites (tertiary alicyclic amines) is 2. The smallest absolute Gasteiger partial charge is 0.375 e. The average Bonchev–Trinajstić information content (AvgIpc) is 3.29. The number of amides is 2. The van der Waals surface area contributed by atoms with Gasteiger partial charge in [-0.1, -0.05) is 19.9 Å². The first-order valence-corrected chi connectivity index (χ1v) is 15.6. The number of ether oxygens (including phenoxy) is 2. The summed E-state index contributed by atoms with van der Waals surface area (Å²) in [6.07, 6.45) is -0.967. The highest BCUT2D eigenvalue weighted by atomic mass is 32.1. The second-order valence-corrected chi connectivity index (χ2v) is 14.0. The van der Waals surface area contributed by atoms with E-state index in [0.717, 1.165) is 17.8 Å². The van der Waals surface area contributed by atoms with Crippen LogP contribution in [0.3, 0.4) is 0 Å². The highest BCUT2D eigenvalue weighted by Crippen LogP contribution is 2.54. The van der Waals surface area contributed by atoms with Crippen LogP contribution in [-0.2, 0) is 20.9 Å². The number of carbonyl (C=O) groups excluding carboxylic acids is 2. The van der Waals surface area contributed by atoms with Crippen molar-refractivity contribution in [2.75, 3.05) is 32.8 Å². The maximum absolute atomic E-state index is 13.2. The van der Waals surface area contributed by atoms with E-state index in [1.165, 1.54) is 11.3 Å². The maximum Gasteiger partial charge on any atom is 0.522 e. The number of hydrogen-bond acceptors (Lipinski definition) is 7. The highest BCUT2D eigenvalue weighted by Gasteiger charge is 2.60. The molecule has 0 unspecified atom stereocenters. The van der Waals surface area contributed by atoms with E-state index in [1.54, 1.807) is 11.7 Å². The van der Waals surface area contributed by atoms with Gasteiger partial charge in [-0.3, -0.25) is 24.3 Å². The third-order valence-corrected chi connectivity index (χ3v) is 10.4. The van der Waals surface area contributed by atoms with Crippen molar-refractivity contribution in [3.8, 4) is 0 Å².